The first kappa shape index (κ1) is 18.1. The Morgan fingerprint density at radius 1 is 0.875 bits per heavy atom. The molecule has 0 amide bonds. The van der Waals surface area contributed by atoms with E-state index in [0.717, 1.165) is 17.8 Å². The van der Waals surface area contributed by atoms with Crippen LogP contribution in [-0.4, -0.2) is 19.5 Å². The van der Waals surface area contributed by atoms with Gasteiger partial charge in [-0.25, -0.2) is 0 Å². The normalized spacial score (nSPS) is 10.9. The Hall–Kier alpha value is -2.29. The van der Waals surface area contributed by atoms with Crippen molar-refractivity contribution in [1.82, 2.24) is 0 Å². The Labute approximate surface area is 144 Å². The zero-order valence-corrected chi connectivity index (χ0v) is 14.9. The molecule has 2 rings (SSSR count). The Balaban J connectivity index is 1.92. The summed E-state index contributed by atoms with van der Waals surface area (Å²) in [5.41, 5.74) is 3.21. The highest BCUT2D eigenvalue weighted by atomic mass is 16.5. The lowest BCUT2D eigenvalue weighted by atomic mass is 9.95. The van der Waals surface area contributed by atoms with Gasteiger partial charge in [0.1, 0.15) is 31.0 Å². The lowest BCUT2D eigenvalue weighted by Gasteiger charge is -2.17. The second-order valence-electron chi connectivity index (χ2n) is 6.49. The molecule has 0 aliphatic heterocycles. The van der Waals surface area contributed by atoms with Gasteiger partial charge in [-0.1, -0.05) is 39.8 Å². The molecular weight excluding hydrogens is 300 g/mol. The van der Waals surface area contributed by atoms with Crippen molar-refractivity contribution in [3.05, 3.63) is 59.2 Å². The van der Waals surface area contributed by atoms with Crippen LogP contribution >= 0.6 is 0 Å². The molecule has 3 nitrogen and oxygen atoms in total. The van der Waals surface area contributed by atoms with Crippen molar-refractivity contribution in [2.45, 2.75) is 39.5 Å². The Morgan fingerprint density at radius 3 is 2.12 bits per heavy atom. The van der Waals surface area contributed by atoms with Crippen molar-refractivity contribution in [2.75, 3.05) is 13.2 Å². The lowest BCUT2D eigenvalue weighted by Crippen LogP contribution is -2.10. The van der Waals surface area contributed by atoms with Gasteiger partial charge in [0.2, 0.25) is 0 Å². The van der Waals surface area contributed by atoms with Gasteiger partial charge < -0.3 is 9.47 Å². The van der Waals surface area contributed by atoms with E-state index in [-0.39, 0.29) is 0 Å². The lowest BCUT2D eigenvalue weighted by molar-refractivity contribution is 0.112. The highest BCUT2D eigenvalue weighted by Crippen LogP contribution is 2.30. The van der Waals surface area contributed by atoms with Gasteiger partial charge in [-0.2, -0.15) is 0 Å². The van der Waals surface area contributed by atoms with Gasteiger partial charge in [-0.15, -0.1) is 0 Å². The molecule has 0 unspecified atom stereocenters. The number of hydrogen-bond donors (Lipinski definition) is 0. The largest absolute Gasteiger partial charge is 0.490 e. The topological polar surface area (TPSA) is 35.5 Å². The van der Waals surface area contributed by atoms with Gasteiger partial charge in [0.25, 0.3) is 0 Å². The molecule has 0 fully saturated rings. The summed E-state index contributed by atoms with van der Waals surface area (Å²) in [4.78, 5) is 10.6. The quantitative estimate of drug-likeness (QED) is 0.494. The van der Waals surface area contributed by atoms with Crippen LogP contribution < -0.4 is 9.47 Å². The number of carbonyl (C=O) groups is 1. The van der Waals surface area contributed by atoms with E-state index < -0.39 is 0 Å². The van der Waals surface area contributed by atoms with E-state index in [0.29, 0.717) is 30.6 Å². The fraction of sp³-hybridized carbons (Fsp3) is 0.381. The highest BCUT2D eigenvalue weighted by Gasteiger charge is 2.10. The van der Waals surface area contributed by atoms with Gasteiger partial charge in [0.15, 0.2) is 0 Å². The molecule has 24 heavy (non-hydrogen) atoms. The summed E-state index contributed by atoms with van der Waals surface area (Å²) in [5.74, 6) is 2.59. The van der Waals surface area contributed by atoms with Crippen LogP contribution in [0.1, 0.15) is 61.0 Å². The molecule has 0 bridgehead atoms. The minimum Gasteiger partial charge on any atom is -0.490 e. The maximum absolute atomic E-state index is 10.6. The predicted octanol–water partition coefficient (Wildman–Crippen LogP) is 5.20. The van der Waals surface area contributed by atoms with Gasteiger partial charge in [-0.05, 0) is 53.3 Å². The third-order valence-corrected chi connectivity index (χ3v) is 3.95. The van der Waals surface area contributed by atoms with E-state index in [1.807, 2.05) is 0 Å². The van der Waals surface area contributed by atoms with E-state index in [2.05, 4.69) is 45.9 Å². The van der Waals surface area contributed by atoms with Gasteiger partial charge in [0, 0.05) is 5.56 Å². The zero-order chi connectivity index (χ0) is 17.5. The maximum Gasteiger partial charge on any atom is 0.150 e. The molecule has 0 heterocycles. The number of carbonyl (C=O) groups excluding carboxylic acids is 1. The molecular formula is C21H26O3. The van der Waals surface area contributed by atoms with E-state index in [9.17, 15) is 4.79 Å². The van der Waals surface area contributed by atoms with Gasteiger partial charge in [-0.3, -0.25) is 4.79 Å². The summed E-state index contributed by atoms with van der Waals surface area (Å²) in [6, 6.07) is 13.5. The highest BCUT2D eigenvalue weighted by molar-refractivity contribution is 5.74. The molecule has 2 aromatic carbocycles. The summed E-state index contributed by atoms with van der Waals surface area (Å²) in [7, 11) is 0. The summed E-state index contributed by atoms with van der Waals surface area (Å²) >= 11 is 0. The monoisotopic (exact) mass is 326 g/mol. The van der Waals surface area contributed by atoms with Crippen LogP contribution in [-0.2, 0) is 0 Å². The van der Waals surface area contributed by atoms with Gasteiger partial charge in [0.05, 0.1) is 0 Å². The Morgan fingerprint density at radius 2 is 1.54 bits per heavy atom. The van der Waals surface area contributed by atoms with Crippen molar-refractivity contribution < 1.29 is 14.3 Å². The summed E-state index contributed by atoms with van der Waals surface area (Å²) in [5, 5.41) is 0. The maximum atomic E-state index is 10.6. The first-order chi connectivity index (χ1) is 11.5. The minimum absolute atomic E-state index is 0.413. The van der Waals surface area contributed by atoms with Crippen LogP contribution in [0.3, 0.4) is 0 Å². The van der Waals surface area contributed by atoms with E-state index in [1.54, 1.807) is 24.3 Å². The van der Waals surface area contributed by atoms with Crippen LogP contribution in [0.4, 0.5) is 0 Å². The molecule has 0 spiro atoms. The Bertz CT molecular complexity index is 657. The van der Waals surface area contributed by atoms with Crippen LogP contribution in [0.15, 0.2) is 42.5 Å². The third-order valence-electron chi connectivity index (χ3n) is 3.95. The first-order valence-electron chi connectivity index (χ1n) is 8.46. The Kier molecular flexibility index (Phi) is 6.42. The molecule has 0 aliphatic rings. The van der Waals surface area contributed by atoms with Crippen molar-refractivity contribution in [3.63, 3.8) is 0 Å². The summed E-state index contributed by atoms with van der Waals surface area (Å²) in [6.07, 6.45) is 0.821. The molecule has 0 saturated heterocycles. The minimum atomic E-state index is 0.413. The molecule has 3 heteroatoms. The number of hydrogen-bond acceptors (Lipinski definition) is 3. The number of benzene rings is 2. The third kappa shape index (κ3) is 4.85. The molecule has 0 atom stereocenters. The van der Waals surface area contributed by atoms with Crippen molar-refractivity contribution in [1.29, 1.82) is 0 Å². The van der Waals surface area contributed by atoms with E-state index >= 15 is 0 Å². The number of rotatable bonds is 8. The molecule has 128 valence electrons. The average molecular weight is 326 g/mol. The summed E-state index contributed by atoms with van der Waals surface area (Å²) in [6.45, 7) is 9.70. The molecule has 2 aromatic rings. The predicted molar refractivity (Wildman–Crippen MR) is 97.4 cm³/mol. The van der Waals surface area contributed by atoms with Crippen LogP contribution in [0.5, 0.6) is 11.5 Å². The SMILES string of the molecule is CC(C)c1ccc(OCCOc2ccc(C=O)cc2)c(C(C)C)c1. The molecule has 0 N–H and O–H groups in total. The molecule has 0 radical (unpaired) electrons. The van der Waals surface area contributed by atoms with E-state index in [1.165, 1.54) is 11.1 Å². The second-order valence-corrected chi connectivity index (χ2v) is 6.49. The van der Waals surface area contributed by atoms with Crippen LogP contribution in [0.25, 0.3) is 0 Å². The number of aldehydes is 1. The molecule has 0 saturated carbocycles. The smallest absolute Gasteiger partial charge is 0.150 e. The van der Waals surface area contributed by atoms with Gasteiger partial charge >= 0.3 is 0 Å². The first-order valence-corrected chi connectivity index (χ1v) is 8.46. The fourth-order valence-corrected chi connectivity index (χ4v) is 2.46. The van der Waals surface area contributed by atoms with E-state index in [4.69, 9.17) is 9.47 Å². The molecule has 0 aromatic heterocycles. The zero-order valence-electron chi connectivity index (χ0n) is 14.9. The number of ether oxygens (including phenoxy) is 2. The molecule has 0 aliphatic carbocycles. The van der Waals surface area contributed by atoms with Crippen molar-refractivity contribution in [2.24, 2.45) is 0 Å². The van der Waals surface area contributed by atoms with Crippen LogP contribution in [0.2, 0.25) is 0 Å². The second kappa shape index (κ2) is 8.53. The standard InChI is InChI=1S/C21H26O3/c1-15(2)18-7-10-21(20(13-18)16(3)4)24-12-11-23-19-8-5-17(14-22)6-9-19/h5-10,13-16H,11-12H2,1-4H3. The van der Waals surface area contributed by atoms with Crippen molar-refractivity contribution in [3.8, 4) is 11.5 Å². The average Bonchev–Trinajstić information content (AvgIpc) is 2.59. The van der Waals surface area contributed by atoms with Crippen LogP contribution in [0, 0.1) is 0 Å². The fourth-order valence-electron chi connectivity index (χ4n) is 2.46. The summed E-state index contributed by atoms with van der Waals surface area (Å²) < 4.78 is 11.6. The van der Waals surface area contributed by atoms with Crippen molar-refractivity contribution >= 4 is 6.29 Å².